The van der Waals surface area contributed by atoms with Crippen LogP contribution in [0.25, 0.3) is 16.3 Å². The van der Waals surface area contributed by atoms with Crippen LogP contribution in [-0.2, 0) is 14.3 Å². The second-order valence-corrected chi connectivity index (χ2v) is 10.8. The van der Waals surface area contributed by atoms with Crippen molar-refractivity contribution < 1.29 is 19.4 Å². The van der Waals surface area contributed by atoms with E-state index in [1.54, 1.807) is 4.90 Å². The van der Waals surface area contributed by atoms with Crippen molar-refractivity contribution in [3.63, 3.8) is 0 Å². The molecule has 1 unspecified atom stereocenters. The van der Waals surface area contributed by atoms with Crippen molar-refractivity contribution in [3.8, 4) is 10.6 Å². The lowest BCUT2D eigenvalue weighted by Crippen LogP contribution is -2.38. The number of benzene rings is 1. The lowest BCUT2D eigenvalue weighted by molar-refractivity contribution is -0.140. The minimum absolute atomic E-state index is 0.122. The van der Waals surface area contributed by atoms with Crippen LogP contribution in [0.3, 0.4) is 0 Å². The lowest BCUT2D eigenvalue weighted by atomic mass is 10.0. The maximum absolute atomic E-state index is 13.2. The SMILES string of the molecule is Cc1sc(-c2ccccc2)nc1/C(O)=C1\C(=O)C(=O)N(CCCN2CCOCC2)C1c1cccs1. The van der Waals surface area contributed by atoms with Gasteiger partial charge in [0.15, 0.2) is 5.76 Å². The third-order valence-corrected chi connectivity index (χ3v) is 8.32. The first-order valence-corrected chi connectivity index (χ1v) is 13.4. The highest BCUT2D eigenvalue weighted by molar-refractivity contribution is 7.15. The Morgan fingerprint density at radius 3 is 2.60 bits per heavy atom. The number of hydrogen-bond acceptors (Lipinski definition) is 8. The number of Topliss-reactive ketones (excluding diaryl/α,β-unsaturated/α-hetero) is 1. The van der Waals surface area contributed by atoms with Gasteiger partial charge in [0.2, 0.25) is 0 Å². The van der Waals surface area contributed by atoms with Gasteiger partial charge in [-0.05, 0) is 24.8 Å². The zero-order valence-corrected chi connectivity index (χ0v) is 21.1. The molecule has 1 N–H and O–H groups in total. The Hall–Kier alpha value is -2.85. The van der Waals surface area contributed by atoms with Crippen LogP contribution < -0.4 is 0 Å². The van der Waals surface area contributed by atoms with Gasteiger partial charge in [0.25, 0.3) is 11.7 Å². The molecule has 0 saturated carbocycles. The molecule has 0 radical (unpaired) electrons. The molecule has 2 aliphatic heterocycles. The Balaban J connectivity index is 1.47. The predicted octanol–water partition coefficient (Wildman–Crippen LogP) is 4.32. The molecule has 4 heterocycles. The van der Waals surface area contributed by atoms with Crippen molar-refractivity contribution in [2.45, 2.75) is 19.4 Å². The summed E-state index contributed by atoms with van der Waals surface area (Å²) in [5.74, 6) is -1.42. The van der Waals surface area contributed by atoms with Crippen molar-refractivity contribution in [2.75, 3.05) is 39.4 Å². The average Bonchev–Trinajstić information content (AvgIpc) is 3.60. The second kappa shape index (κ2) is 10.4. The molecule has 35 heavy (non-hydrogen) atoms. The number of hydrogen-bond donors (Lipinski definition) is 1. The zero-order valence-electron chi connectivity index (χ0n) is 19.5. The monoisotopic (exact) mass is 509 g/mol. The molecular weight excluding hydrogens is 482 g/mol. The van der Waals surface area contributed by atoms with Crippen LogP contribution in [0, 0.1) is 6.92 Å². The van der Waals surface area contributed by atoms with Gasteiger partial charge in [-0.25, -0.2) is 4.98 Å². The van der Waals surface area contributed by atoms with Gasteiger partial charge >= 0.3 is 0 Å². The minimum atomic E-state index is -0.652. The zero-order chi connectivity index (χ0) is 24.4. The fraction of sp³-hybridized carbons (Fsp3) is 0.346. The summed E-state index contributed by atoms with van der Waals surface area (Å²) in [6, 6.07) is 12.9. The summed E-state index contributed by atoms with van der Waals surface area (Å²) in [7, 11) is 0. The van der Waals surface area contributed by atoms with Crippen molar-refractivity contribution in [2.24, 2.45) is 0 Å². The standard InChI is InChI=1S/C26H27N3O4S2/c1-17-21(27-25(35-17)18-7-3-2-4-8-18)23(30)20-22(19-9-5-16-34-19)29(26(32)24(20)31)11-6-10-28-12-14-33-15-13-28/h2-5,7-9,16,22,30H,6,10-15H2,1H3/b23-20+. The number of morpholine rings is 1. The van der Waals surface area contributed by atoms with Crippen LogP contribution >= 0.6 is 22.7 Å². The van der Waals surface area contributed by atoms with Gasteiger partial charge in [-0.15, -0.1) is 22.7 Å². The van der Waals surface area contributed by atoms with Gasteiger partial charge in [-0.2, -0.15) is 0 Å². The Morgan fingerprint density at radius 2 is 1.89 bits per heavy atom. The maximum atomic E-state index is 13.2. The van der Waals surface area contributed by atoms with Gasteiger partial charge in [-0.1, -0.05) is 36.4 Å². The van der Waals surface area contributed by atoms with Crippen LogP contribution in [-0.4, -0.2) is 71.0 Å². The number of aryl methyl sites for hydroxylation is 1. The van der Waals surface area contributed by atoms with Gasteiger partial charge in [0.05, 0.1) is 24.8 Å². The fourth-order valence-electron chi connectivity index (χ4n) is 4.59. The molecule has 0 bridgehead atoms. The molecule has 1 aromatic carbocycles. The number of ether oxygens (including phenoxy) is 1. The molecule has 3 aromatic rings. The largest absolute Gasteiger partial charge is 0.505 e. The summed E-state index contributed by atoms with van der Waals surface area (Å²) in [6.45, 7) is 6.33. The van der Waals surface area contributed by atoms with Crippen LogP contribution in [0.2, 0.25) is 0 Å². The van der Waals surface area contributed by atoms with E-state index in [4.69, 9.17) is 4.74 Å². The van der Waals surface area contributed by atoms with Crippen LogP contribution in [0.5, 0.6) is 0 Å². The van der Waals surface area contributed by atoms with E-state index in [0.29, 0.717) is 12.2 Å². The molecule has 5 rings (SSSR count). The Morgan fingerprint density at radius 1 is 1.11 bits per heavy atom. The summed E-state index contributed by atoms with van der Waals surface area (Å²) in [5, 5.41) is 14.1. The first-order chi connectivity index (χ1) is 17.0. The highest BCUT2D eigenvalue weighted by Crippen LogP contribution is 2.42. The number of aliphatic hydroxyl groups is 1. The van der Waals surface area contributed by atoms with E-state index >= 15 is 0 Å². The summed E-state index contributed by atoms with van der Waals surface area (Å²) >= 11 is 2.93. The van der Waals surface area contributed by atoms with Crippen molar-refractivity contribution >= 4 is 40.1 Å². The predicted molar refractivity (Wildman–Crippen MR) is 137 cm³/mol. The molecule has 2 saturated heterocycles. The Labute approximate surface area is 212 Å². The van der Waals surface area contributed by atoms with Crippen LogP contribution in [0.1, 0.15) is 27.9 Å². The molecule has 9 heteroatoms. The molecular formula is C26H27N3O4S2. The molecule has 1 amide bonds. The van der Waals surface area contributed by atoms with Crippen molar-refractivity contribution in [1.29, 1.82) is 0 Å². The summed E-state index contributed by atoms with van der Waals surface area (Å²) in [6.07, 6.45) is 0.739. The summed E-state index contributed by atoms with van der Waals surface area (Å²) in [5.41, 5.74) is 1.43. The van der Waals surface area contributed by atoms with E-state index in [0.717, 1.165) is 59.6 Å². The van der Waals surface area contributed by atoms with E-state index in [1.165, 1.54) is 22.7 Å². The number of aromatic nitrogens is 1. The van der Waals surface area contributed by atoms with E-state index in [9.17, 15) is 14.7 Å². The highest BCUT2D eigenvalue weighted by atomic mass is 32.1. The number of carbonyl (C=O) groups excluding carboxylic acids is 2. The number of thiazole rings is 1. The summed E-state index contributed by atoms with van der Waals surface area (Å²) in [4.78, 5) is 36.6. The number of aliphatic hydroxyl groups excluding tert-OH is 1. The number of ketones is 1. The molecule has 182 valence electrons. The smallest absolute Gasteiger partial charge is 0.295 e. The molecule has 1 atom stereocenters. The Kier molecular flexibility index (Phi) is 7.10. The molecule has 0 spiro atoms. The summed E-state index contributed by atoms with van der Waals surface area (Å²) < 4.78 is 5.41. The third-order valence-electron chi connectivity index (χ3n) is 6.37. The van der Waals surface area contributed by atoms with E-state index in [-0.39, 0.29) is 11.3 Å². The number of carbonyl (C=O) groups is 2. The fourth-order valence-corrected chi connectivity index (χ4v) is 6.36. The quantitative estimate of drug-likeness (QED) is 0.290. The topological polar surface area (TPSA) is 83.0 Å². The number of thiophene rings is 1. The molecule has 7 nitrogen and oxygen atoms in total. The number of rotatable bonds is 7. The molecule has 2 fully saturated rings. The van der Waals surface area contributed by atoms with Gasteiger partial charge in [-0.3, -0.25) is 14.5 Å². The first kappa shape index (κ1) is 23.9. The second-order valence-electron chi connectivity index (χ2n) is 8.61. The van der Waals surface area contributed by atoms with E-state index < -0.39 is 17.7 Å². The Bertz CT molecular complexity index is 1230. The van der Waals surface area contributed by atoms with Gasteiger partial charge in [0, 0.05) is 41.5 Å². The van der Waals surface area contributed by atoms with Crippen LogP contribution in [0.4, 0.5) is 0 Å². The number of nitrogens with zero attached hydrogens (tertiary/aromatic N) is 3. The molecule has 2 aromatic heterocycles. The van der Waals surface area contributed by atoms with Crippen LogP contribution in [0.15, 0.2) is 53.4 Å². The van der Waals surface area contributed by atoms with E-state index in [2.05, 4.69) is 9.88 Å². The van der Waals surface area contributed by atoms with Crippen molar-refractivity contribution in [1.82, 2.24) is 14.8 Å². The first-order valence-electron chi connectivity index (χ1n) is 11.7. The normalized spacial score (nSPS) is 20.6. The van der Waals surface area contributed by atoms with Gasteiger partial charge < -0.3 is 14.7 Å². The third kappa shape index (κ3) is 4.81. The van der Waals surface area contributed by atoms with Gasteiger partial charge in [0.1, 0.15) is 10.7 Å². The van der Waals surface area contributed by atoms with E-state index in [1.807, 2.05) is 54.8 Å². The lowest BCUT2D eigenvalue weighted by Gasteiger charge is -2.28. The number of amides is 1. The highest BCUT2D eigenvalue weighted by Gasteiger charge is 2.46. The average molecular weight is 510 g/mol. The molecule has 0 aliphatic carbocycles. The van der Waals surface area contributed by atoms with Crippen molar-refractivity contribution in [3.05, 3.63) is 68.9 Å². The molecule has 2 aliphatic rings. The maximum Gasteiger partial charge on any atom is 0.295 e. The number of likely N-dealkylation sites (tertiary alicyclic amines) is 1. The minimum Gasteiger partial charge on any atom is -0.505 e.